The minimum atomic E-state index is -0.132. The average molecular weight is 460 g/mol. The number of pyridine rings is 1. The van der Waals surface area contributed by atoms with Crippen molar-refractivity contribution in [2.24, 2.45) is 0 Å². The molecule has 2 amide bonds. The molecule has 2 aromatic heterocycles. The van der Waals surface area contributed by atoms with E-state index in [4.69, 9.17) is 19.4 Å². The quantitative estimate of drug-likeness (QED) is 0.614. The van der Waals surface area contributed by atoms with E-state index in [-0.39, 0.29) is 12.1 Å². The highest BCUT2D eigenvalue weighted by atomic mass is 16.5. The predicted octanol–water partition coefficient (Wildman–Crippen LogP) is 4.25. The fraction of sp³-hybridized carbons (Fsp3) is 0.385. The van der Waals surface area contributed by atoms with E-state index in [1.54, 1.807) is 17.3 Å². The number of aromatic nitrogens is 3. The highest BCUT2D eigenvalue weighted by molar-refractivity contribution is 5.89. The molecule has 5 rings (SSSR count). The second-order valence-electron chi connectivity index (χ2n) is 8.60. The van der Waals surface area contributed by atoms with E-state index >= 15 is 0 Å². The third kappa shape index (κ3) is 5.02. The second-order valence-corrected chi connectivity index (χ2v) is 8.60. The van der Waals surface area contributed by atoms with Crippen LogP contribution in [0.25, 0.3) is 11.4 Å². The van der Waals surface area contributed by atoms with Gasteiger partial charge in [0, 0.05) is 49.5 Å². The Labute approximate surface area is 199 Å². The molecule has 0 saturated carbocycles. The molecule has 176 valence electrons. The van der Waals surface area contributed by atoms with E-state index < -0.39 is 0 Å². The maximum absolute atomic E-state index is 13.1. The topological polar surface area (TPSA) is 89.5 Å². The van der Waals surface area contributed by atoms with Crippen molar-refractivity contribution in [3.63, 3.8) is 0 Å². The largest absolute Gasteiger partial charge is 0.474 e. The highest BCUT2D eigenvalue weighted by Gasteiger charge is 2.28. The molecule has 4 heterocycles. The monoisotopic (exact) mass is 459 g/mol. The lowest BCUT2D eigenvalue weighted by Gasteiger charge is -2.31. The number of amides is 2. The van der Waals surface area contributed by atoms with Crippen LogP contribution in [-0.4, -0.2) is 51.7 Å². The molecule has 0 aliphatic carbocycles. The van der Waals surface area contributed by atoms with Crippen molar-refractivity contribution in [1.29, 1.82) is 0 Å². The predicted molar refractivity (Wildman–Crippen MR) is 129 cm³/mol. The van der Waals surface area contributed by atoms with Crippen LogP contribution in [0.2, 0.25) is 0 Å². The molecule has 3 aromatic rings. The molecule has 1 N–H and O–H groups in total. The van der Waals surface area contributed by atoms with Crippen molar-refractivity contribution in [3.8, 4) is 17.3 Å². The van der Waals surface area contributed by atoms with Gasteiger partial charge in [-0.3, -0.25) is 4.98 Å². The van der Waals surface area contributed by atoms with Gasteiger partial charge in [-0.05, 0) is 36.2 Å². The first-order valence-corrected chi connectivity index (χ1v) is 11.9. The third-order valence-electron chi connectivity index (χ3n) is 6.26. The van der Waals surface area contributed by atoms with Crippen molar-refractivity contribution in [2.75, 3.05) is 25.1 Å². The Balaban J connectivity index is 1.40. The molecular formula is C26H29N5O3. The van der Waals surface area contributed by atoms with Crippen molar-refractivity contribution in [2.45, 2.75) is 45.3 Å². The Morgan fingerprint density at radius 1 is 1.21 bits per heavy atom. The number of hydrogen-bond donors (Lipinski definition) is 1. The summed E-state index contributed by atoms with van der Waals surface area (Å²) in [6.07, 6.45) is 6.72. The minimum Gasteiger partial charge on any atom is -0.474 e. The Kier molecular flexibility index (Phi) is 6.67. The fourth-order valence-electron chi connectivity index (χ4n) is 4.30. The zero-order chi connectivity index (χ0) is 23.3. The summed E-state index contributed by atoms with van der Waals surface area (Å²) in [6.45, 7) is 4.44. The number of anilines is 1. The van der Waals surface area contributed by atoms with Crippen LogP contribution in [0.4, 0.5) is 10.5 Å². The van der Waals surface area contributed by atoms with Gasteiger partial charge in [0.05, 0.1) is 31.0 Å². The van der Waals surface area contributed by atoms with Gasteiger partial charge < -0.3 is 19.7 Å². The van der Waals surface area contributed by atoms with Gasteiger partial charge in [-0.2, -0.15) is 4.98 Å². The van der Waals surface area contributed by atoms with Crippen LogP contribution >= 0.6 is 0 Å². The van der Waals surface area contributed by atoms with Gasteiger partial charge in [0.15, 0.2) is 5.82 Å². The standard InChI is InChI=1S/C26H29N5O3/c1-2-18-5-3-7-20(15-18)28-26(32)31-12-8-23-22(17-31)25(34-21-9-13-33-14-10-21)30-24(29-23)19-6-4-11-27-16-19/h3-7,11,15-16,21H,2,8-10,12-14,17H2,1H3,(H,28,32). The van der Waals surface area contributed by atoms with Gasteiger partial charge in [-0.15, -0.1) is 0 Å². The van der Waals surface area contributed by atoms with Gasteiger partial charge >= 0.3 is 6.03 Å². The van der Waals surface area contributed by atoms with E-state index in [1.807, 2.05) is 30.3 Å². The van der Waals surface area contributed by atoms with Crippen molar-refractivity contribution in [3.05, 3.63) is 65.6 Å². The molecular weight excluding hydrogens is 430 g/mol. The molecule has 0 unspecified atom stereocenters. The second kappa shape index (κ2) is 10.2. The minimum absolute atomic E-state index is 0.0375. The number of fused-ring (bicyclic) bond motifs is 1. The normalized spacial score (nSPS) is 16.1. The molecule has 34 heavy (non-hydrogen) atoms. The van der Waals surface area contributed by atoms with Gasteiger partial charge in [0.2, 0.25) is 5.88 Å². The Bertz CT molecular complexity index is 1150. The molecule has 0 bridgehead atoms. The van der Waals surface area contributed by atoms with Gasteiger partial charge in [-0.25, -0.2) is 9.78 Å². The summed E-state index contributed by atoms with van der Waals surface area (Å²) in [5, 5.41) is 3.04. The average Bonchev–Trinajstić information content (AvgIpc) is 2.89. The number of nitrogens with one attached hydrogen (secondary N) is 1. The molecule has 0 spiro atoms. The molecule has 0 radical (unpaired) electrons. The van der Waals surface area contributed by atoms with Crippen LogP contribution in [0.3, 0.4) is 0 Å². The van der Waals surface area contributed by atoms with Crippen LogP contribution in [0, 0.1) is 0 Å². The Morgan fingerprint density at radius 2 is 2.09 bits per heavy atom. The molecule has 1 saturated heterocycles. The number of ether oxygens (including phenoxy) is 2. The first-order chi connectivity index (χ1) is 16.7. The number of urea groups is 1. The Morgan fingerprint density at radius 3 is 2.88 bits per heavy atom. The summed E-state index contributed by atoms with van der Waals surface area (Å²) >= 11 is 0. The number of hydrogen-bond acceptors (Lipinski definition) is 6. The molecule has 8 nitrogen and oxygen atoms in total. The fourth-order valence-corrected chi connectivity index (χ4v) is 4.30. The summed E-state index contributed by atoms with van der Waals surface area (Å²) in [4.78, 5) is 28.7. The molecule has 1 aromatic carbocycles. The maximum Gasteiger partial charge on any atom is 0.322 e. The number of benzene rings is 1. The number of nitrogens with zero attached hydrogens (tertiary/aromatic N) is 4. The molecule has 2 aliphatic heterocycles. The lowest BCUT2D eigenvalue weighted by atomic mass is 10.1. The van der Waals surface area contributed by atoms with E-state index in [1.165, 1.54) is 5.56 Å². The number of aryl methyl sites for hydroxylation is 1. The first-order valence-electron chi connectivity index (χ1n) is 11.9. The molecule has 0 atom stereocenters. The van der Waals surface area contributed by atoms with Crippen molar-refractivity contribution < 1.29 is 14.3 Å². The van der Waals surface area contributed by atoms with E-state index in [0.29, 0.717) is 44.4 Å². The first kappa shape index (κ1) is 22.3. The van der Waals surface area contributed by atoms with E-state index in [2.05, 4.69) is 23.3 Å². The lowest BCUT2D eigenvalue weighted by Crippen LogP contribution is -2.40. The van der Waals surface area contributed by atoms with Crippen LogP contribution in [0.5, 0.6) is 5.88 Å². The van der Waals surface area contributed by atoms with Crippen LogP contribution < -0.4 is 10.1 Å². The Hall–Kier alpha value is -3.52. The number of carbonyl (C=O) groups excluding carboxylic acids is 1. The van der Waals surface area contributed by atoms with Crippen LogP contribution in [0.15, 0.2) is 48.8 Å². The van der Waals surface area contributed by atoms with E-state index in [9.17, 15) is 4.79 Å². The summed E-state index contributed by atoms with van der Waals surface area (Å²) in [7, 11) is 0. The summed E-state index contributed by atoms with van der Waals surface area (Å²) < 4.78 is 11.9. The molecule has 1 fully saturated rings. The number of carbonyl (C=O) groups is 1. The lowest BCUT2D eigenvalue weighted by molar-refractivity contribution is 0.0229. The van der Waals surface area contributed by atoms with Gasteiger partial charge in [0.25, 0.3) is 0 Å². The maximum atomic E-state index is 13.1. The van der Waals surface area contributed by atoms with E-state index in [0.717, 1.165) is 41.8 Å². The molecule has 8 heteroatoms. The van der Waals surface area contributed by atoms with Crippen LogP contribution in [0.1, 0.15) is 36.6 Å². The third-order valence-corrected chi connectivity index (χ3v) is 6.26. The van der Waals surface area contributed by atoms with Gasteiger partial charge in [0.1, 0.15) is 6.10 Å². The summed E-state index contributed by atoms with van der Waals surface area (Å²) in [5.41, 5.74) is 4.64. The smallest absolute Gasteiger partial charge is 0.322 e. The highest BCUT2D eigenvalue weighted by Crippen LogP contribution is 2.30. The van der Waals surface area contributed by atoms with Crippen molar-refractivity contribution >= 4 is 11.7 Å². The molecule has 2 aliphatic rings. The van der Waals surface area contributed by atoms with Crippen LogP contribution in [-0.2, 0) is 24.1 Å². The summed E-state index contributed by atoms with van der Waals surface area (Å²) in [5.74, 6) is 1.16. The van der Waals surface area contributed by atoms with Gasteiger partial charge in [-0.1, -0.05) is 19.1 Å². The number of rotatable bonds is 5. The van der Waals surface area contributed by atoms with Crippen molar-refractivity contribution in [1.82, 2.24) is 19.9 Å². The zero-order valence-electron chi connectivity index (χ0n) is 19.4. The summed E-state index contributed by atoms with van der Waals surface area (Å²) in [6, 6.07) is 11.6. The zero-order valence-corrected chi connectivity index (χ0v) is 19.4. The SMILES string of the molecule is CCc1cccc(NC(=O)N2CCc3nc(-c4cccnc4)nc(OC4CCOCC4)c3C2)c1.